The third-order valence-electron chi connectivity index (χ3n) is 5.44. The van der Waals surface area contributed by atoms with E-state index in [9.17, 15) is 9.59 Å². The van der Waals surface area contributed by atoms with Crippen molar-refractivity contribution < 1.29 is 14.3 Å². The van der Waals surface area contributed by atoms with Gasteiger partial charge in [-0.3, -0.25) is 9.59 Å². The van der Waals surface area contributed by atoms with Gasteiger partial charge in [-0.2, -0.15) is 0 Å². The van der Waals surface area contributed by atoms with Crippen LogP contribution in [0.2, 0.25) is 0 Å². The molecule has 0 spiro atoms. The molecule has 1 N–H and O–H groups in total. The first kappa shape index (κ1) is 20.7. The fourth-order valence-corrected chi connectivity index (χ4v) is 3.83. The number of nitrogens with one attached hydrogen (secondary N) is 1. The van der Waals surface area contributed by atoms with Gasteiger partial charge in [-0.15, -0.1) is 0 Å². The summed E-state index contributed by atoms with van der Waals surface area (Å²) in [4.78, 5) is 27.4. The Bertz CT molecular complexity index is 1110. The van der Waals surface area contributed by atoms with Crippen molar-refractivity contribution in [2.24, 2.45) is 0 Å². The summed E-state index contributed by atoms with van der Waals surface area (Å²) in [6.07, 6.45) is 0.839. The minimum absolute atomic E-state index is 0.0121. The highest BCUT2D eigenvalue weighted by Gasteiger charge is 2.26. The fourth-order valence-electron chi connectivity index (χ4n) is 3.83. The Hall–Kier alpha value is -3.60. The van der Waals surface area contributed by atoms with E-state index in [4.69, 9.17) is 4.74 Å². The summed E-state index contributed by atoms with van der Waals surface area (Å²) in [6, 6.07) is 20.8. The number of hydrogen-bond acceptors (Lipinski definition) is 3. The summed E-state index contributed by atoms with van der Waals surface area (Å²) in [6.45, 7) is 5.57. The number of rotatable bonds is 6. The SMILES string of the molecule is CCOc1ccc(C(=O)NCc2ccc3c(c2)N(C(=O)c2cccc(C)c2)CC3)cc1. The van der Waals surface area contributed by atoms with Crippen molar-refractivity contribution in [3.05, 3.63) is 94.5 Å². The molecule has 1 heterocycles. The first-order valence-electron chi connectivity index (χ1n) is 10.6. The number of ether oxygens (including phenoxy) is 1. The zero-order valence-electron chi connectivity index (χ0n) is 17.9. The number of anilines is 1. The molecule has 3 aromatic rings. The largest absolute Gasteiger partial charge is 0.494 e. The molecule has 0 fully saturated rings. The Kier molecular flexibility index (Phi) is 6.03. The van der Waals surface area contributed by atoms with Crippen molar-refractivity contribution in [2.45, 2.75) is 26.8 Å². The van der Waals surface area contributed by atoms with Gasteiger partial charge in [-0.25, -0.2) is 0 Å². The van der Waals surface area contributed by atoms with Crippen LogP contribution >= 0.6 is 0 Å². The molecule has 0 radical (unpaired) electrons. The quantitative estimate of drug-likeness (QED) is 0.645. The van der Waals surface area contributed by atoms with E-state index in [0.29, 0.717) is 30.8 Å². The molecule has 0 atom stereocenters. The number of carbonyl (C=O) groups excluding carboxylic acids is 2. The van der Waals surface area contributed by atoms with Crippen LogP contribution in [0.25, 0.3) is 0 Å². The molecule has 0 saturated carbocycles. The van der Waals surface area contributed by atoms with Crippen LogP contribution in [0.5, 0.6) is 5.75 Å². The van der Waals surface area contributed by atoms with Crippen molar-refractivity contribution in [2.75, 3.05) is 18.1 Å². The Morgan fingerprint density at radius 3 is 2.55 bits per heavy atom. The van der Waals surface area contributed by atoms with E-state index in [1.165, 1.54) is 0 Å². The second-order valence-corrected chi connectivity index (χ2v) is 7.68. The highest BCUT2D eigenvalue weighted by molar-refractivity contribution is 6.07. The van der Waals surface area contributed by atoms with Gasteiger partial charge in [-0.05, 0) is 73.9 Å². The predicted molar refractivity (Wildman–Crippen MR) is 122 cm³/mol. The summed E-state index contributed by atoms with van der Waals surface area (Å²) in [5.74, 6) is 0.616. The molecule has 1 aliphatic rings. The Balaban J connectivity index is 1.45. The molecule has 5 nitrogen and oxygen atoms in total. The van der Waals surface area contributed by atoms with Crippen molar-refractivity contribution in [1.29, 1.82) is 0 Å². The van der Waals surface area contributed by atoms with Gasteiger partial charge >= 0.3 is 0 Å². The third-order valence-corrected chi connectivity index (χ3v) is 5.44. The highest BCUT2D eigenvalue weighted by Crippen LogP contribution is 2.30. The molecule has 1 aliphatic heterocycles. The van der Waals surface area contributed by atoms with Crippen LogP contribution in [0, 0.1) is 6.92 Å². The average molecular weight is 415 g/mol. The molecule has 0 aliphatic carbocycles. The monoisotopic (exact) mass is 414 g/mol. The predicted octanol–water partition coefficient (Wildman–Crippen LogP) is 4.53. The minimum Gasteiger partial charge on any atom is -0.494 e. The number of aryl methyl sites for hydroxylation is 1. The van der Waals surface area contributed by atoms with Crippen LogP contribution in [0.1, 0.15) is 44.3 Å². The van der Waals surface area contributed by atoms with E-state index in [1.54, 1.807) is 24.3 Å². The van der Waals surface area contributed by atoms with E-state index in [2.05, 4.69) is 11.4 Å². The number of benzene rings is 3. The molecule has 158 valence electrons. The molecule has 0 unspecified atom stereocenters. The van der Waals surface area contributed by atoms with Crippen molar-refractivity contribution in [3.63, 3.8) is 0 Å². The molecule has 3 aromatic carbocycles. The fraction of sp³-hybridized carbons (Fsp3) is 0.231. The second-order valence-electron chi connectivity index (χ2n) is 7.68. The lowest BCUT2D eigenvalue weighted by molar-refractivity contribution is 0.0949. The number of hydrogen-bond donors (Lipinski definition) is 1. The summed E-state index contributed by atoms with van der Waals surface area (Å²) < 4.78 is 5.42. The first-order valence-corrected chi connectivity index (χ1v) is 10.6. The van der Waals surface area contributed by atoms with E-state index < -0.39 is 0 Å². The van der Waals surface area contributed by atoms with Crippen LogP contribution in [-0.2, 0) is 13.0 Å². The lowest BCUT2D eigenvalue weighted by Gasteiger charge is -2.18. The lowest BCUT2D eigenvalue weighted by Crippen LogP contribution is -2.29. The normalized spacial score (nSPS) is 12.4. The molecule has 31 heavy (non-hydrogen) atoms. The molecule has 0 aromatic heterocycles. The first-order chi connectivity index (χ1) is 15.0. The van der Waals surface area contributed by atoms with Crippen molar-refractivity contribution in [3.8, 4) is 5.75 Å². The molecule has 4 rings (SSSR count). The average Bonchev–Trinajstić information content (AvgIpc) is 3.21. The number of fused-ring (bicyclic) bond motifs is 1. The van der Waals surface area contributed by atoms with Crippen LogP contribution in [0.15, 0.2) is 66.7 Å². The van der Waals surface area contributed by atoms with Gasteiger partial charge in [0.2, 0.25) is 0 Å². The van der Waals surface area contributed by atoms with Crippen molar-refractivity contribution in [1.82, 2.24) is 5.32 Å². The van der Waals surface area contributed by atoms with Crippen LogP contribution < -0.4 is 15.0 Å². The Morgan fingerprint density at radius 1 is 1.00 bits per heavy atom. The standard InChI is InChI=1S/C26H26N2O3/c1-3-31-23-11-9-21(10-12-23)25(29)27-17-19-7-8-20-13-14-28(24(20)16-19)26(30)22-6-4-5-18(2)15-22/h4-12,15-16H,3,13-14,17H2,1-2H3,(H,27,29). The van der Waals surface area contributed by atoms with Crippen LogP contribution in [0.4, 0.5) is 5.69 Å². The third kappa shape index (κ3) is 4.61. The summed E-state index contributed by atoms with van der Waals surface area (Å²) >= 11 is 0. The summed E-state index contributed by atoms with van der Waals surface area (Å²) in [7, 11) is 0. The molecular weight excluding hydrogens is 388 g/mol. The summed E-state index contributed by atoms with van der Waals surface area (Å²) in [5, 5.41) is 2.96. The smallest absolute Gasteiger partial charge is 0.258 e. The molecule has 2 amide bonds. The van der Waals surface area contributed by atoms with Gasteiger partial charge in [0.05, 0.1) is 6.61 Å². The Morgan fingerprint density at radius 2 is 1.81 bits per heavy atom. The van der Waals surface area contributed by atoms with Gasteiger partial charge in [0.1, 0.15) is 5.75 Å². The van der Waals surface area contributed by atoms with Gasteiger partial charge < -0.3 is 15.0 Å². The van der Waals surface area contributed by atoms with E-state index in [0.717, 1.165) is 34.5 Å². The van der Waals surface area contributed by atoms with Gasteiger partial charge in [0, 0.05) is 29.9 Å². The highest BCUT2D eigenvalue weighted by atomic mass is 16.5. The van der Waals surface area contributed by atoms with Gasteiger partial charge in [0.15, 0.2) is 0 Å². The van der Waals surface area contributed by atoms with Crippen LogP contribution in [-0.4, -0.2) is 25.0 Å². The van der Waals surface area contributed by atoms with E-state index >= 15 is 0 Å². The maximum absolute atomic E-state index is 13.0. The molecular formula is C26H26N2O3. The van der Waals surface area contributed by atoms with Crippen molar-refractivity contribution >= 4 is 17.5 Å². The lowest BCUT2D eigenvalue weighted by atomic mass is 10.1. The maximum atomic E-state index is 13.0. The van der Waals surface area contributed by atoms with Crippen LogP contribution in [0.3, 0.4) is 0 Å². The van der Waals surface area contributed by atoms with E-state index in [-0.39, 0.29) is 11.8 Å². The molecule has 0 bridgehead atoms. The van der Waals surface area contributed by atoms with E-state index in [1.807, 2.05) is 55.1 Å². The number of amides is 2. The number of carbonyl (C=O) groups is 2. The molecule has 0 saturated heterocycles. The second kappa shape index (κ2) is 9.04. The minimum atomic E-state index is -0.142. The number of nitrogens with zero attached hydrogens (tertiary/aromatic N) is 1. The topological polar surface area (TPSA) is 58.6 Å². The zero-order chi connectivity index (χ0) is 21.8. The maximum Gasteiger partial charge on any atom is 0.258 e. The summed E-state index contributed by atoms with van der Waals surface area (Å²) in [5.41, 5.74) is 5.39. The van der Waals surface area contributed by atoms with Gasteiger partial charge in [-0.1, -0.05) is 29.8 Å². The van der Waals surface area contributed by atoms with Gasteiger partial charge in [0.25, 0.3) is 11.8 Å². The molecule has 5 heteroatoms. The zero-order valence-corrected chi connectivity index (χ0v) is 17.9. The Labute approximate surface area is 182 Å².